The molecule has 0 spiro atoms. The van der Waals surface area contributed by atoms with Crippen LogP contribution in [0.2, 0.25) is 0 Å². The van der Waals surface area contributed by atoms with Gasteiger partial charge >= 0.3 is 5.97 Å². The second-order valence-corrected chi connectivity index (χ2v) is 4.82. The van der Waals surface area contributed by atoms with E-state index in [0.717, 1.165) is 10.0 Å². The molecule has 1 aromatic heterocycles. The van der Waals surface area contributed by atoms with Crippen LogP contribution in [0.25, 0.3) is 11.4 Å². The number of hydrogen-bond donors (Lipinski definition) is 1. The summed E-state index contributed by atoms with van der Waals surface area (Å²) in [4.78, 5) is 10.7. The molecule has 7 heteroatoms. The van der Waals surface area contributed by atoms with E-state index in [1.54, 1.807) is 6.92 Å². The second kappa shape index (κ2) is 5.26. The molecule has 0 aliphatic carbocycles. The van der Waals surface area contributed by atoms with Crippen molar-refractivity contribution in [2.24, 2.45) is 0 Å². The van der Waals surface area contributed by atoms with E-state index in [2.05, 4.69) is 31.5 Å². The lowest BCUT2D eigenvalue weighted by Gasteiger charge is -2.11. The van der Waals surface area contributed by atoms with E-state index in [-0.39, 0.29) is 12.5 Å². The van der Waals surface area contributed by atoms with E-state index in [0.29, 0.717) is 5.82 Å². The highest BCUT2D eigenvalue weighted by atomic mass is 79.9. The minimum atomic E-state index is -0.877. The summed E-state index contributed by atoms with van der Waals surface area (Å²) in [5.41, 5.74) is 0.839. The van der Waals surface area contributed by atoms with E-state index in [1.165, 1.54) is 4.68 Å². The smallest absolute Gasteiger partial charge is 0.305 e. The van der Waals surface area contributed by atoms with E-state index < -0.39 is 5.97 Å². The monoisotopic (exact) mass is 310 g/mol. The van der Waals surface area contributed by atoms with Gasteiger partial charge in [-0.15, -0.1) is 5.10 Å². The van der Waals surface area contributed by atoms with Crippen LogP contribution in [0.15, 0.2) is 28.7 Å². The Morgan fingerprint density at radius 2 is 2.33 bits per heavy atom. The van der Waals surface area contributed by atoms with Crippen LogP contribution < -0.4 is 0 Å². The Morgan fingerprint density at radius 3 is 3.00 bits per heavy atom. The molecule has 0 amide bonds. The third-order valence-corrected chi connectivity index (χ3v) is 2.96. The molecule has 0 bridgehead atoms. The van der Waals surface area contributed by atoms with E-state index >= 15 is 0 Å². The van der Waals surface area contributed by atoms with Gasteiger partial charge in [-0.25, -0.2) is 4.68 Å². The molecule has 0 fully saturated rings. The lowest BCUT2D eigenvalue weighted by molar-refractivity contribution is -0.137. The number of tetrazole rings is 1. The predicted octanol–water partition coefficient (Wildman–Crippen LogP) is 2.14. The number of aliphatic carboxylic acids is 1. The fourth-order valence-corrected chi connectivity index (χ4v) is 2.05. The number of rotatable bonds is 4. The summed E-state index contributed by atoms with van der Waals surface area (Å²) < 4.78 is 2.44. The zero-order valence-electron chi connectivity index (χ0n) is 9.62. The topological polar surface area (TPSA) is 80.9 Å². The van der Waals surface area contributed by atoms with Gasteiger partial charge in [-0.2, -0.15) is 0 Å². The third-order valence-electron chi connectivity index (χ3n) is 2.46. The van der Waals surface area contributed by atoms with Gasteiger partial charge in [0.2, 0.25) is 0 Å². The zero-order chi connectivity index (χ0) is 13.1. The van der Waals surface area contributed by atoms with Crippen LogP contribution in [0.3, 0.4) is 0 Å². The number of carboxylic acid groups (broad SMARTS) is 1. The lowest BCUT2D eigenvalue weighted by atomic mass is 10.2. The van der Waals surface area contributed by atoms with Crippen LogP contribution in [-0.4, -0.2) is 31.3 Å². The van der Waals surface area contributed by atoms with E-state index in [9.17, 15) is 4.79 Å². The second-order valence-electron chi connectivity index (χ2n) is 3.90. The van der Waals surface area contributed by atoms with Crippen molar-refractivity contribution < 1.29 is 9.90 Å². The first kappa shape index (κ1) is 12.7. The number of carboxylic acids is 1. The zero-order valence-corrected chi connectivity index (χ0v) is 11.2. The number of benzene rings is 1. The first-order chi connectivity index (χ1) is 8.58. The molecule has 0 radical (unpaired) electrons. The molecule has 1 N–H and O–H groups in total. The van der Waals surface area contributed by atoms with Crippen LogP contribution in [-0.2, 0) is 4.79 Å². The largest absolute Gasteiger partial charge is 0.481 e. The van der Waals surface area contributed by atoms with Gasteiger partial charge in [0.1, 0.15) is 0 Å². The summed E-state index contributed by atoms with van der Waals surface area (Å²) in [5, 5.41) is 20.2. The minimum absolute atomic E-state index is 0.0218. The Kier molecular flexibility index (Phi) is 3.71. The van der Waals surface area contributed by atoms with Crippen LogP contribution in [0, 0.1) is 0 Å². The van der Waals surface area contributed by atoms with Gasteiger partial charge < -0.3 is 5.11 Å². The van der Waals surface area contributed by atoms with Crippen LogP contribution in [0.4, 0.5) is 0 Å². The highest BCUT2D eigenvalue weighted by molar-refractivity contribution is 9.10. The molecule has 0 aliphatic heterocycles. The average Bonchev–Trinajstić information content (AvgIpc) is 2.76. The normalized spacial score (nSPS) is 12.3. The van der Waals surface area contributed by atoms with Crippen molar-refractivity contribution in [3.05, 3.63) is 28.7 Å². The van der Waals surface area contributed by atoms with Gasteiger partial charge in [0.15, 0.2) is 5.82 Å². The summed E-state index contributed by atoms with van der Waals surface area (Å²) in [6.45, 7) is 1.77. The van der Waals surface area contributed by atoms with Gasteiger partial charge in [-0.1, -0.05) is 28.1 Å². The summed E-state index contributed by atoms with van der Waals surface area (Å²) in [7, 11) is 0. The molecule has 1 heterocycles. The van der Waals surface area contributed by atoms with Crippen molar-refractivity contribution in [1.82, 2.24) is 20.2 Å². The maximum Gasteiger partial charge on any atom is 0.305 e. The molecule has 1 aromatic carbocycles. The maximum atomic E-state index is 10.7. The predicted molar refractivity (Wildman–Crippen MR) is 67.9 cm³/mol. The fourth-order valence-electron chi connectivity index (χ4n) is 1.65. The molecule has 0 aliphatic rings. The highest BCUT2D eigenvalue weighted by Gasteiger charge is 2.17. The van der Waals surface area contributed by atoms with Crippen LogP contribution in [0.5, 0.6) is 0 Å². The van der Waals surface area contributed by atoms with E-state index in [4.69, 9.17) is 5.11 Å². The first-order valence-electron chi connectivity index (χ1n) is 5.33. The Balaban J connectivity index is 2.35. The van der Waals surface area contributed by atoms with Crippen LogP contribution in [0.1, 0.15) is 19.4 Å². The number of nitrogens with zero attached hydrogens (tertiary/aromatic N) is 4. The quantitative estimate of drug-likeness (QED) is 0.935. The average molecular weight is 311 g/mol. The molecule has 1 unspecified atom stereocenters. The molecule has 2 rings (SSSR count). The molecule has 0 saturated heterocycles. The number of hydrogen-bond acceptors (Lipinski definition) is 4. The van der Waals surface area contributed by atoms with Crippen molar-refractivity contribution in [2.45, 2.75) is 19.4 Å². The summed E-state index contributed by atoms with van der Waals surface area (Å²) in [5.74, 6) is -0.316. The Hall–Kier alpha value is -1.76. The molecule has 0 saturated carbocycles. The maximum absolute atomic E-state index is 10.7. The molecule has 1 atom stereocenters. The number of halogens is 1. The molecule has 18 heavy (non-hydrogen) atoms. The third kappa shape index (κ3) is 2.73. The van der Waals surface area contributed by atoms with Gasteiger partial charge in [0.25, 0.3) is 0 Å². The van der Waals surface area contributed by atoms with Gasteiger partial charge in [-0.3, -0.25) is 4.79 Å². The summed E-state index contributed by atoms with van der Waals surface area (Å²) in [6.07, 6.45) is -0.0218. The number of aromatic nitrogens is 4. The van der Waals surface area contributed by atoms with Crippen molar-refractivity contribution >= 4 is 21.9 Å². The fraction of sp³-hybridized carbons (Fsp3) is 0.273. The van der Waals surface area contributed by atoms with Gasteiger partial charge in [-0.05, 0) is 29.5 Å². The van der Waals surface area contributed by atoms with Crippen molar-refractivity contribution in [3.8, 4) is 11.4 Å². The molecular formula is C11H11BrN4O2. The molecular weight excluding hydrogens is 300 g/mol. The Labute approximate surface area is 112 Å². The van der Waals surface area contributed by atoms with E-state index in [1.807, 2.05) is 24.3 Å². The van der Waals surface area contributed by atoms with Crippen molar-refractivity contribution in [3.63, 3.8) is 0 Å². The van der Waals surface area contributed by atoms with Gasteiger partial charge in [0, 0.05) is 10.0 Å². The summed E-state index contributed by atoms with van der Waals surface area (Å²) >= 11 is 3.38. The standard InChI is InChI=1S/C11H11BrN4O2/c1-7(5-10(17)18)16-11(13-14-15-16)8-3-2-4-9(12)6-8/h2-4,6-7H,5H2,1H3,(H,17,18). The molecule has 2 aromatic rings. The van der Waals surface area contributed by atoms with Crippen molar-refractivity contribution in [1.29, 1.82) is 0 Å². The van der Waals surface area contributed by atoms with Crippen molar-refractivity contribution in [2.75, 3.05) is 0 Å². The summed E-state index contributed by atoms with van der Waals surface area (Å²) in [6, 6.07) is 7.24. The SMILES string of the molecule is CC(CC(=O)O)n1nnnc1-c1cccc(Br)c1. The minimum Gasteiger partial charge on any atom is -0.481 e. The number of carbonyl (C=O) groups is 1. The van der Waals surface area contributed by atoms with Gasteiger partial charge in [0.05, 0.1) is 12.5 Å². The highest BCUT2D eigenvalue weighted by Crippen LogP contribution is 2.23. The Bertz CT molecular complexity index is 570. The van der Waals surface area contributed by atoms with Crippen LogP contribution >= 0.6 is 15.9 Å². The molecule has 6 nitrogen and oxygen atoms in total. The molecule has 94 valence electrons. The first-order valence-corrected chi connectivity index (χ1v) is 6.13. The Morgan fingerprint density at radius 1 is 1.56 bits per heavy atom. The lowest BCUT2D eigenvalue weighted by Crippen LogP contribution is -2.13.